The van der Waals surface area contributed by atoms with E-state index in [1.165, 1.54) is 10.7 Å². The van der Waals surface area contributed by atoms with Crippen molar-refractivity contribution in [2.45, 2.75) is 26.7 Å². The number of nitrogens with one attached hydrogen (secondary N) is 3. The first-order valence-electron chi connectivity index (χ1n) is 9.90. The molecular weight excluding hydrogens is 414 g/mol. The minimum Gasteiger partial charge on any atom is -0.495 e. The molecule has 2 aromatic heterocycles. The zero-order valence-corrected chi connectivity index (χ0v) is 18.1. The van der Waals surface area contributed by atoms with Gasteiger partial charge in [0.05, 0.1) is 25.5 Å². The third-order valence-corrected chi connectivity index (χ3v) is 4.96. The van der Waals surface area contributed by atoms with Gasteiger partial charge in [0, 0.05) is 17.8 Å². The van der Waals surface area contributed by atoms with Crippen LogP contribution in [0, 0.1) is 13.8 Å². The van der Waals surface area contributed by atoms with Gasteiger partial charge in [-0.25, -0.2) is 9.50 Å². The molecule has 0 fully saturated rings. The smallest absolute Gasteiger partial charge is 0.257 e. The minimum absolute atomic E-state index is 0.0407. The zero-order chi connectivity index (χ0) is 23.3. The summed E-state index contributed by atoms with van der Waals surface area (Å²) in [5.41, 5.74) is 13.7. The van der Waals surface area contributed by atoms with Gasteiger partial charge in [-0.3, -0.25) is 25.2 Å². The molecule has 2 heterocycles. The van der Waals surface area contributed by atoms with Crippen molar-refractivity contribution >= 4 is 29.1 Å². The molecule has 0 aliphatic rings. The van der Waals surface area contributed by atoms with Crippen LogP contribution in [0.5, 0.6) is 5.75 Å². The van der Waals surface area contributed by atoms with Crippen LogP contribution in [0.3, 0.4) is 0 Å². The van der Waals surface area contributed by atoms with Crippen LogP contribution in [-0.2, 0) is 16.0 Å². The van der Waals surface area contributed by atoms with Gasteiger partial charge < -0.3 is 15.8 Å². The van der Waals surface area contributed by atoms with E-state index in [9.17, 15) is 14.4 Å². The number of rotatable bonds is 8. The number of nitrogens with zero attached hydrogens (tertiary/aromatic N) is 3. The van der Waals surface area contributed by atoms with Crippen molar-refractivity contribution in [1.29, 1.82) is 0 Å². The average Bonchev–Trinajstić information content (AvgIpc) is 3.20. The van der Waals surface area contributed by atoms with E-state index in [-0.39, 0.29) is 24.4 Å². The minimum atomic E-state index is -0.602. The molecule has 32 heavy (non-hydrogen) atoms. The highest BCUT2D eigenvalue weighted by molar-refractivity contribution is 5.98. The number of ether oxygens (including phenoxy) is 1. The van der Waals surface area contributed by atoms with Gasteiger partial charge in [0.15, 0.2) is 5.65 Å². The third kappa shape index (κ3) is 4.94. The summed E-state index contributed by atoms with van der Waals surface area (Å²) in [5.74, 6) is -0.752. The molecule has 0 saturated heterocycles. The van der Waals surface area contributed by atoms with Gasteiger partial charge in [-0.15, -0.1) is 0 Å². The molecule has 5 N–H and O–H groups in total. The van der Waals surface area contributed by atoms with Gasteiger partial charge in [0.2, 0.25) is 5.91 Å². The van der Waals surface area contributed by atoms with Crippen LogP contribution >= 0.6 is 0 Å². The molecule has 0 bridgehead atoms. The number of nitrogens with two attached hydrogens (primary N) is 1. The van der Waals surface area contributed by atoms with Crippen molar-refractivity contribution < 1.29 is 19.1 Å². The molecule has 0 aliphatic heterocycles. The first kappa shape index (κ1) is 22.5. The summed E-state index contributed by atoms with van der Waals surface area (Å²) < 4.78 is 6.74. The van der Waals surface area contributed by atoms with Crippen LogP contribution in [0.15, 0.2) is 30.5 Å². The summed E-state index contributed by atoms with van der Waals surface area (Å²) in [5, 5.41) is 7.11. The fourth-order valence-electron chi connectivity index (χ4n) is 3.30. The Kier molecular flexibility index (Phi) is 6.88. The van der Waals surface area contributed by atoms with Crippen molar-refractivity contribution in [1.82, 2.24) is 25.4 Å². The molecule has 168 valence electrons. The number of hydrogen-bond donors (Lipinski definition) is 4. The number of hydrazine groups is 1. The highest BCUT2D eigenvalue weighted by Crippen LogP contribution is 2.22. The van der Waals surface area contributed by atoms with Crippen molar-refractivity contribution in [3.05, 3.63) is 53.0 Å². The average molecular weight is 439 g/mol. The highest BCUT2D eigenvalue weighted by atomic mass is 16.5. The number of anilines is 1. The predicted molar refractivity (Wildman–Crippen MR) is 117 cm³/mol. The van der Waals surface area contributed by atoms with E-state index in [1.807, 2.05) is 19.1 Å². The van der Waals surface area contributed by atoms with Gasteiger partial charge in [0.1, 0.15) is 11.3 Å². The Morgan fingerprint density at radius 3 is 2.56 bits per heavy atom. The van der Waals surface area contributed by atoms with E-state index >= 15 is 0 Å². The van der Waals surface area contributed by atoms with Crippen LogP contribution in [0.1, 0.15) is 33.7 Å². The second-order valence-electron chi connectivity index (χ2n) is 7.07. The van der Waals surface area contributed by atoms with Crippen LogP contribution in [0.4, 0.5) is 5.69 Å². The number of amides is 3. The molecule has 0 spiro atoms. The molecule has 0 unspecified atom stereocenters. The van der Waals surface area contributed by atoms with Gasteiger partial charge in [-0.2, -0.15) is 5.10 Å². The number of aromatic nitrogens is 3. The van der Waals surface area contributed by atoms with Crippen LogP contribution in [0.25, 0.3) is 5.65 Å². The number of fused-ring (bicyclic) bond motifs is 1. The lowest BCUT2D eigenvalue weighted by Gasteiger charge is -2.13. The number of methoxy groups -OCH3 is 1. The molecule has 11 heteroatoms. The lowest BCUT2D eigenvalue weighted by molar-refractivity contribution is -0.128. The van der Waals surface area contributed by atoms with E-state index in [1.54, 1.807) is 26.2 Å². The van der Waals surface area contributed by atoms with Crippen molar-refractivity contribution in [2.24, 2.45) is 5.73 Å². The second-order valence-corrected chi connectivity index (χ2v) is 7.07. The van der Waals surface area contributed by atoms with E-state index in [4.69, 9.17) is 10.5 Å². The van der Waals surface area contributed by atoms with Crippen LogP contribution in [-0.4, -0.2) is 46.0 Å². The van der Waals surface area contributed by atoms with E-state index < -0.39 is 11.8 Å². The Morgan fingerprint density at radius 2 is 1.84 bits per heavy atom. The fourth-order valence-corrected chi connectivity index (χ4v) is 3.30. The largest absolute Gasteiger partial charge is 0.495 e. The van der Waals surface area contributed by atoms with E-state index in [2.05, 4.69) is 26.3 Å². The number of para-hydroxylation sites is 2. The lowest BCUT2D eigenvalue weighted by atomic mass is 10.1. The van der Waals surface area contributed by atoms with Crippen LogP contribution in [0.2, 0.25) is 0 Å². The number of aryl methyl sites for hydroxylation is 2. The summed E-state index contributed by atoms with van der Waals surface area (Å²) in [4.78, 5) is 40.2. The Morgan fingerprint density at radius 1 is 1.12 bits per heavy atom. The van der Waals surface area contributed by atoms with Crippen molar-refractivity contribution in [3.8, 4) is 5.75 Å². The maximum Gasteiger partial charge on any atom is 0.257 e. The number of carbonyl (C=O) groups excluding carboxylic acids is 3. The first-order valence-corrected chi connectivity index (χ1v) is 9.90. The molecule has 3 aromatic rings. The van der Waals surface area contributed by atoms with Crippen molar-refractivity contribution in [2.75, 3.05) is 19.0 Å². The molecule has 11 nitrogen and oxygen atoms in total. The number of primary amides is 1. The molecule has 3 rings (SSSR count). The number of hydrogen-bond acceptors (Lipinski definition) is 7. The Bertz CT molecular complexity index is 1170. The maximum atomic E-state index is 12.2. The maximum absolute atomic E-state index is 12.2. The summed E-state index contributed by atoms with van der Waals surface area (Å²) in [6.45, 7) is 3.59. The third-order valence-electron chi connectivity index (χ3n) is 4.96. The van der Waals surface area contributed by atoms with E-state index in [0.717, 1.165) is 11.3 Å². The van der Waals surface area contributed by atoms with Crippen LogP contribution < -0.4 is 26.6 Å². The Labute approximate surface area is 184 Å². The normalized spacial score (nSPS) is 10.6. The summed E-state index contributed by atoms with van der Waals surface area (Å²) in [7, 11) is 1.54. The van der Waals surface area contributed by atoms with Gasteiger partial charge >= 0.3 is 0 Å². The van der Waals surface area contributed by atoms with Gasteiger partial charge in [-0.1, -0.05) is 12.1 Å². The lowest BCUT2D eigenvalue weighted by Crippen LogP contribution is -2.44. The summed E-state index contributed by atoms with van der Waals surface area (Å²) in [6, 6.07) is 7.20. The number of benzene rings is 1. The first-order chi connectivity index (χ1) is 15.3. The van der Waals surface area contributed by atoms with Gasteiger partial charge in [-0.05, 0) is 38.0 Å². The standard InChI is InChI=1S/C21H25N7O4/c1-12-14(13(2)28-21(25-12)15(10-24-28)20(22)31)8-9-18(29)26-27-19(30)11-23-16-6-4-5-7-17(16)32-3/h4-7,10,23H,8-9,11H2,1-3H3,(H2,22,31)(H,26,29)(H,27,30). The SMILES string of the molecule is COc1ccccc1NCC(=O)NNC(=O)CCc1c(C)nc2c(C(N)=O)cnn2c1C. The second kappa shape index (κ2) is 9.77. The molecular formula is C21H25N7O4. The topological polar surface area (TPSA) is 153 Å². The molecule has 0 saturated carbocycles. The van der Waals surface area contributed by atoms with Crippen molar-refractivity contribution in [3.63, 3.8) is 0 Å². The monoisotopic (exact) mass is 439 g/mol. The molecule has 0 aliphatic carbocycles. The van der Waals surface area contributed by atoms with Gasteiger partial charge in [0.25, 0.3) is 11.8 Å². The molecule has 0 radical (unpaired) electrons. The molecule has 3 amide bonds. The fraction of sp³-hybridized carbons (Fsp3) is 0.286. The molecule has 0 atom stereocenters. The van der Waals surface area contributed by atoms with E-state index in [0.29, 0.717) is 29.2 Å². The summed E-state index contributed by atoms with van der Waals surface area (Å²) in [6.07, 6.45) is 1.88. The highest BCUT2D eigenvalue weighted by Gasteiger charge is 2.17. The quantitative estimate of drug-likeness (QED) is 0.376. The number of carbonyl (C=O) groups is 3. The predicted octanol–water partition coefficient (Wildman–Crippen LogP) is 0.646. The molecule has 1 aromatic carbocycles. The zero-order valence-electron chi connectivity index (χ0n) is 18.1. The summed E-state index contributed by atoms with van der Waals surface area (Å²) >= 11 is 0. The Hall–Kier alpha value is -4.15. The Balaban J connectivity index is 1.53.